The SMILES string of the molecule is CN(c1ccc(C(N)=S)nc1)c1cccc(F)c1. The van der Waals surface area contributed by atoms with Crippen molar-refractivity contribution in [3.8, 4) is 0 Å². The Bertz CT molecular complexity index is 569. The fraction of sp³-hybridized carbons (Fsp3) is 0.0769. The van der Waals surface area contributed by atoms with Crippen molar-refractivity contribution in [2.45, 2.75) is 0 Å². The van der Waals surface area contributed by atoms with Crippen LogP contribution >= 0.6 is 12.2 Å². The van der Waals surface area contributed by atoms with Gasteiger partial charge in [-0.3, -0.25) is 4.98 Å². The van der Waals surface area contributed by atoms with Crippen molar-refractivity contribution in [1.29, 1.82) is 0 Å². The first-order valence-electron chi connectivity index (χ1n) is 5.33. The molecular formula is C13H12FN3S. The van der Waals surface area contributed by atoms with Gasteiger partial charge in [0.1, 0.15) is 10.8 Å². The molecule has 0 unspecified atom stereocenters. The third-order valence-electron chi connectivity index (χ3n) is 2.58. The number of hydrogen-bond acceptors (Lipinski definition) is 3. The summed E-state index contributed by atoms with van der Waals surface area (Å²) in [4.78, 5) is 6.24. The van der Waals surface area contributed by atoms with E-state index in [4.69, 9.17) is 18.0 Å². The van der Waals surface area contributed by atoms with E-state index in [1.807, 2.05) is 24.1 Å². The molecule has 0 bridgehead atoms. The Morgan fingerprint density at radius 2 is 2.06 bits per heavy atom. The number of thiocarbonyl (C=S) groups is 1. The molecule has 2 N–H and O–H groups in total. The Morgan fingerprint density at radius 1 is 1.28 bits per heavy atom. The number of hydrogen-bond donors (Lipinski definition) is 1. The van der Waals surface area contributed by atoms with Crippen LogP contribution in [0.2, 0.25) is 0 Å². The van der Waals surface area contributed by atoms with Crippen LogP contribution in [-0.4, -0.2) is 17.0 Å². The van der Waals surface area contributed by atoms with Crippen molar-refractivity contribution in [2.24, 2.45) is 5.73 Å². The Morgan fingerprint density at radius 3 is 2.61 bits per heavy atom. The van der Waals surface area contributed by atoms with E-state index in [0.717, 1.165) is 11.4 Å². The normalized spacial score (nSPS) is 10.1. The van der Waals surface area contributed by atoms with Gasteiger partial charge in [0.05, 0.1) is 17.6 Å². The molecule has 5 heteroatoms. The zero-order valence-corrected chi connectivity index (χ0v) is 10.6. The number of nitrogens with zero attached hydrogens (tertiary/aromatic N) is 2. The predicted octanol–water partition coefficient (Wildman–Crippen LogP) is 2.62. The second kappa shape index (κ2) is 5.10. The summed E-state index contributed by atoms with van der Waals surface area (Å²) in [6, 6.07) is 9.94. The van der Waals surface area contributed by atoms with Gasteiger partial charge in [-0.25, -0.2) is 4.39 Å². The highest BCUT2D eigenvalue weighted by Crippen LogP contribution is 2.23. The first-order valence-corrected chi connectivity index (χ1v) is 5.74. The average Bonchev–Trinajstić information content (AvgIpc) is 2.38. The second-order valence-electron chi connectivity index (χ2n) is 3.80. The Hall–Kier alpha value is -2.01. The Kier molecular flexibility index (Phi) is 3.53. The third-order valence-corrected chi connectivity index (χ3v) is 2.79. The fourth-order valence-electron chi connectivity index (χ4n) is 1.56. The van der Waals surface area contributed by atoms with Crippen LogP contribution in [0.1, 0.15) is 5.69 Å². The summed E-state index contributed by atoms with van der Waals surface area (Å²) in [5, 5.41) is 0. The van der Waals surface area contributed by atoms with E-state index in [2.05, 4.69) is 4.98 Å². The number of nitrogens with two attached hydrogens (primary N) is 1. The van der Waals surface area contributed by atoms with Crippen molar-refractivity contribution in [2.75, 3.05) is 11.9 Å². The Labute approximate surface area is 110 Å². The molecule has 3 nitrogen and oxygen atoms in total. The minimum Gasteiger partial charge on any atom is -0.388 e. The van der Waals surface area contributed by atoms with Gasteiger partial charge in [-0.15, -0.1) is 0 Å². The van der Waals surface area contributed by atoms with Crippen molar-refractivity contribution >= 4 is 28.6 Å². The van der Waals surface area contributed by atoms with Crippen LogP contribution in [0.15, 0.2) is 42.6 Å². The molecule has 1 aromatic heterocycles. The smallest absolute Gasteiger partial charge is 0.125 e. The summed E-state index contributed by atoms with van der Waals surface area (Å²) in [6.07, 6.45) is 1.65. The van der Waals surface area contributed by atoms with Crippen LogP contribution in [0.4, 0.5) is 15.8 Å². The van der Waals surface area contributed by atoms with E-state index in [-0.39, 0.29) is 10.8 Å². The first kappa shape index (κ1) is 12.4. The van der Waals surface area contributed by atoms with Gasteiger partial charge in [0, 0.05) is 12.7 Å². The van der Waals surface area contributed by atoms with Crippen LogP contribution in [0.5, 0.6) is 0 Å². The first-order chi connectivity index (χ1) is 8.58. The lowest BCUT2D eigenvalue weighted by molar-refractivity contribution is 0.628. The maximum atomic E-state index is 13.1. The molecule has 92 valence electrons. The molecule has 0 atom stereocenters. The average molecular weight is 261 g/mol. The van der Waals surface area contributed by atoms with Gasteiger partial charge in [-0.2, -0.15) is 0 Å². The van der Waals surface area contributed by atoms with Gasteiger partial charge in [0.25, 0.3) is 0 Å². The van der Waals surface area contributed by atoms with Gasteiger partial charge in [-0.1, -0.05) is 18.3 Å². The summed E-state index contributed by atoms with van der Waals surface area (Å²) in [7, 11) is 1.84. The van der Waals surface area contributed by atoms with Gasteiger partial charge in [0.15, 0.2) is 0 Å². The molecule has 0 spiro atoms. The quantitative estimate of drug-likeness (QED) is 0.862. The molecule has 0 amide bonds. The highest BCUT2D eigenvalue weighted by Gasteiger charge is 2.06. The van der Waals surface area contributed by atoms with Crippen LogP contribution in [0.25, 0.3) is 0 Å². The third kappa shape index (κ3) is 2.62. The lowest BCUT2D eigenvalue weighted by Gasteiger charge is -2.19. The molecule has 18 heavy (non-hydrogen) atoms. The van der Waals surface area contributed by atoms with E-state index < -0.39 is 0 Å². The minimum absolute atomic E-state index is 0.259. The molecule has 0 aliphatic rings. The highest BCUT2D eigenvalue weighted by atomic mass is 32.1. The van der Waals surface area contributed by atoms with Gasteiger partial charge >= 0.3 is 0 Å². The monoisotopic (exact) mass is 261 g/mol. The molecule has 0 aliphatic carbocycles. The lowest BCUT2D eigenvalue weighted by atomic mass is 10.2. The second-order valence-corrected chi connectivity index (χ2v) is 4.24. The molecule has 1 aromatic carbocycles. The number of anilines is 2. The molecule has 0 fully saturated rings. The van der Waals surface area contributed by atoms with Gasteiger partial charge in [-0.05, 0) is 30.3 Å². The minimum atomic E-state index is -0.271. The molecular weight excluding hydrogens is 249 g/mol. The number of pyridine rings is 1. The van der Waals surface area contributed by atoms with Crippen LogP contribution < -0.4 is 10.6 Å². The summed E-state index contributed by atoms with van der Waals surface area (Å²) in [5.74, 6) is -0.271. The van der Waals surface area contributed by atoms with Gasteiger partial charge < -0.3 is 10.6 Å². The van der Waals surface area contributed by atoms with Crippen molar-refractivity contribution < 1.29 is 4.39 Å². The maximum absolute atomic E-state index is 13.1. The van der Waals surface area contributed by atoms with Crippen LogP contribution in [0.3, 0.4) is 0 Å². The van der Waals surface area contributed by atoms with E-state index in [1.54, 1.807) is 18.3 Å². The van der Waals surface area contributed by atoms with Gasteiger partial charge in [0.2, 0.25) is 0 Å². The predicted molar refractivity (Wildman–Crippen MR) is 74.6 cm³/mol. The van der Waals surface area contributed by atoms with E-state index in [0.29, 0.717) is 5.69 Å². The molecule has 2 aromatic rings. The summed E-state index contributed by atoms with van der Waals surface area (Å²) < 4.78 is 13.1. The molecule has 0 aliphatic heterocycles. The molecule has 0 saturated heterocycles. The standard InChI is InChI=1S/C13H12FN3S/c1-17(10-4-2-3-9(14)7-10)11-5-6-12(13(15)18)16-8-11/h2-8H,1H3,(H2,15,18). The molecule has 0 radical (unpaired) electrons. The molecule has 1 heterocycles. The maximum Gasteiger partial charge on any atom is 0.125 e. The number of aromatic nitrogens is 1. The summed E-state index contributed by atoms with van der Waals surface area (Å²) in [5.41, 5.74) is 7.63. The van der Waals surface area contributed by atoms with Crippen molar-refractivity contribution in [1.82, 2.24) is 4.98 Å². The lowest BCUT2D eigenvalue weighted by Crippen LogP contribution is -2.13. The molecule has 2 rings (SSSR count). The summed E-state index contributed by atoms with van der Waals surface area (Å²) >= 11 is 4.83. The Balaban J connectivity index is 2.28. The van der Waals surface area contributed by atoms with Crippen LogP contribution in [-0.2, 0) is 0 Å². The molecule has 0 saturated carbocycles. The van der Waals surface area contributed by atoms with Crippen molar-refractivity contribution in [3.05, 3.63) is 54.1 Å². The van der Waals surface area contributed by atoms with E-state index in [1.165, 1.54) is 12.1 Å². The number of rotatable bonds is 3. The number of benzene rings is 1. The van der Waals surface area contributed by atoms with E-state index >= 15 is 0 Å². The topological polar surface area (TPSA) is 42.1 Å². The zero-order valence-electron chi connectivity index (χ0n) is 9.80. The van der Waals surface area contributed by atoms with E-state index in [9.17, 15) is 4.39 Å². The van der Waals surface area contributed by atoms with Crippen LogP contribution in [0, 0.1) is 5.82 Å². The number of halogens is 1. The highest BCUT2D eigenvalue weighted by molar-refractivity contribution is 7.80. The zero-order chi connectivity index (χ0) is 13.1. The van der Waals surface area contributed by atoms with Crippen molar-refractivity contribution in [3.63, 3.8) is 0 Å². The largest absolute Gasteiger partial charge is 0.388 e. The fourth-order valence-corrected chi connectivity index (χ4v) is 1.68. The summed E-state index contributed by atoms with van der Waals surface area (Å²) in [6.45, 7) is 0.